The largest absolute Gasteiger partial charge is 0.460 e. The number of hydrogen-bond acceptors (Lipinski definition) is 6. The molecule has 0 fully saturated rings. The van der Waals surface area contributed by atoms with Gasteiger partial charge in [-0.1, -0.05) is 39.3 Å². The fraction of sp³-hybridized carbons (Fsp3) is 0.520. The Kier molecular flexibility index (Phi) is 6.85. The first-order valence-electron chi connectivity index (χ1n) is 12.0. The van der Waals surface area contributed by atoms with E-state index in [1.54, 1.807) is 13.0 Å². The van der Waals surface area contributed by atoms with Crippen molar-refractivity contribution < 1.29 is 32.0 Å². The quantitative estimate of drug-likeness (QED) is 0.429. The smallest absolute Gasteiger partial charge is 0.418 e. The van der Waals surface area contributed by atoms with Gasteiger partial charge in [0.15, 0.2) is 0 Å². The Bertz CT molecular complexity index is 1280. The van der Waals surface area contributed by atoms with Gasteiger partial charge in [-0.05, 0) is 48.9 Å². The number of alkyl halides is 3. The van der Waals surface area contributed by atoms with Gasteiger partial charge in [0.05, 0.1) is 23.1 Å². The van der Waals surface area contributed by atoms with Crippen molar-refractivity contribution in [3.05, 3.63) is 46.7 Å². The number of aromatic nitrogens is 3. The number of benzene rings is 1. The lowest BCUT2D eigenvalue weighted by Gasteiger charge is -2.34. The lowest BCUT2D eigenvalue weighted by Crippen LogP contribution is -2.45. The second-order valence-electron chi connectivity index (χ2n) is 9.56. The molecule has 2 N–H and O–H groups in total. The molecule has 1 aliphatic carbocycles. The summed E-state index contributed by atoms with van der Waals surface area (Å²) >= 11 is 0. The highest BCUT2D eigenvalue weighted by atomic mass is 19.4. The van der Waals surface area contributed by atoms with Gasteiger partial charge < -0.3 is 19.6 Å². The number of esters is 1. The average Bonchev–Trinajstić information content (AvgIpc) is 3.46. The Morgan fingerprint density at radius 2 is 2.06 bits per heavy atom. The van der Waals surface area contributed by atoms with Gasteiger partial charge in [0.25, 0.3) is 5.82 Å². The van der Waals surface area contributed by atoms with Crippen LogP contribution in [-0.2, 0) is 28.5 Å². The van der Waals surface area contributed by atoms with Crippen molar-refractivity contribution in [2.45, 2.75) is 65.6 Å². The van der Waals surface area contributed by atoms with Crippen LogP contribution in [0.5, 0.6) is 0 Å². The highest BCUT2D eigenvalue weighted by Gasteiger charge is 2.42. The number of aryl methyl sites for hydroxylation is 1. The van der Waals surface area contributed by atoms with E-state index in [4.69, 9.17) is 9.26 Å². The molecular formula is C25H29F3N4O4. The van der Waals surface area contributed by atoms with Crippen molar-refractivity contribution in [3.63, 3.8) is 0 Å². The molecule has 2 heterocycles. The van der Waals surface area contributed by atoms with Crippen LogP contribution in [-0.4, -0.2) is 33.6 Å². The number of fused-ring (bicyclic) bond motifs is 3. The molecule has 36 heavy (non-hydrogen) atoms. The van der Waals surface area contributed by atoms with Gasteiger partial charge in [0.2, 0.25) is 11.8 Å². The number of carbonyl (C=O) groups excluding carboxylic acids is 2. The number of nitrogens with one attached hydrogen (secondary N) is 2. The zero-order valence-electron chi connectivity index (χ0n) is 20.6. The Morgan fingerprint density at radius 1 is 1.31 bits per heavy atom. The summed E-state index contributed by atoms with van der Waals surface area (Å²) in [6, 6.07) is 3.46. The predicted molar refractivity (Wildman–Crippen MR) is 124 cm³/mol. The molecule has 0 aliphatic heterocycles. The molecule has 1 amide bonds. The van der Waals surface area contributed by atoms with E-state index in [0.717, 1.165) is 17.3 Å². The van der Waals surface area contributed by atoms with E-state index < -0.39 is 29.2 Å². The summed E-state index contributed by atoms with van der Waals surface area (Å²) in [6.45, 7) is 7.50. The third-order valence-electron chi connectivity index (χ3n) is 7.04. The van der Waals surface area contributed by atoms with Crippen molar-refractivity contribution in [2.75, 3.05) is 6.61 Å². The number of hydrogen-bond donors (Lipinski definition) is 2. The van der Waals surface area contributed by atoms with E-state index in [-0.39, 0.29) is 42.1 Å². The summed E-state index contributed by atoms with van der Waals surface area (Å²) in [5, 5.41) is 7.17. The minimum Gasteiger partial charge on any atom is -0.460 e. The summed E-state index contributed by atoms with van der Waals surface area (Å²) in [6.07, 6.45) is -2.63. The van der Waals surface area contributed by atoms with Crippen molar-refractivity contribution in [2.24, 2.45) is 11.3 Å². The van der Waals surface area contributed by atoms with Gasteiger partial charge in [-0.2, -0.15) is 18.2 Å². The summed E-state index contributed by atoms with van der Waals surface area (Å²) in [5.74, 6) is -1.19. The molecular weight excluding hydrogens is 477 g/mol. The second-order valence-corrected chi connectivity index (χ2v) is 9.56. The fourth-order valence-corrected chi connectivity index (χ4v) is 4.69. The average molecular weight is 507 g/mol. The van der Waals surface area contributed by atoms with Crippen LogP contribution in [0.1, 0.15) is 79.9 Å². The van der Waals surface area contributed by atoms with Gasteiger partial charge >= 0.3 is 12.1 Å². The van der Waals surface area contributed by atoms with Crippen LogP contribution in [0.4, 0.5) is 13.2 Å². The number of aromatic amines is 1. The Morgan fingerprint density at radius 3 is 2.72 bits per heavy atom. The minimum absolute atomic E-state index is 0.0505. The van der Waals surface area contributed by atoms with Gasteiger partial charge in [0.1, 0.15) is 6.04 Å². The molecule has 0 radical (unpaired) electrons. The van der Waals surface area contributed by atoms with E-state index in [0.29, 0.717) is 24.6 Å². The number of H-pyrrole nitrogens is 1. The first-order valence-corrected chi connectivity index (χ1v) is 12.0. The maximum Gasteiger partial charge on any atom is 0.418 e. The van der Waals surface area contributed by atoms with Crippen LogP contribution in [0.3, 0.4) is 0 Å². The fourth-order valence-electron chi connectivity index (χ4n) is 4.69. The molecule has 8 nitrogen and oxygen atoms in total. The minimum atomic E-state index is -4.48. The van der Waals surface area contributed by atoms with E-state index >= 15 is 0 Å². The highest BCUT2D eigenvalue weighted by molar-refractivity contribution is 5.90. The van der Waals surface area contributed by atoms with Gasteiger partial charge in [-0.25, -0.2) is 4.79 Å². The van der Waals surface area contributed by atoms with E-state index in [1.165, 1.54) is 6.07 Å². The molecule has 194 valence electrons. The monoisotopic (exact) mass is 506 g/mol. The van der Waals surface area contributed by atoms with Crippen molar-refractivity contribution >= 4 is 22.8 Å². The molecule has 0 saturated heterocycles. The standard InChI is InChI=1S/C25H29F3N4O4/c1-5-13(3)18(21-31-20(32-36-21)22(33)35-6-2)30-23(34)24(4)11-10-17-15(12-24)14-8-7-9-16(19(14)29-17)25(26,27)28/h7-9,13,18,29H,5-6,10-12H2,1-4H3,(H,30,34)/t13?,18-,24-/m0/s1. The lowest BCUT2D eigenvalue weighted by molar-refractivity contribution is -0.136. The maximum atomic E-state index is 13.6. The Balaban J connectivity index is 1.61. The zero-order valence-corrected chi connectivity index (χ0v) is 20.6. The molecule has 0 spiro atoms. The van der Waals surface area contributed by atoms with Crippen LogP contribution in [0, 0.1) is 11.3 Å². The molecule has 3 atom stereocenters. The highest BCUT2D eigenvalue weighted by Crippen LogP contribution is 2.42. The second kappa shape index (κ2) is 9.59. The molecule has 0 saturated carbocycles. The summed E-state index contributed by atoms with van der Waals surface area (Å²) in [4.78, 5) is 32.6. The molecule has 4 rings (SSSR count). The number of ether oxygens (including phenoxy) is 1. The SMILES string of the molecule is CCOC(=O)c1noc([C@@H](NC(=O)[C@@]2(C)CCc3[nH]c4c(C(F)(F)F)cccc4c3C2)C(C)CC)n1. The normalized spacial score (nSPS) is 19.5. The maximum absolute atomic E-state index is 13.6. The topological polar surface area (TPSA) is 110 Å². The van der Waals surface area contributed by atoms with Gasteiger partial charge in [0, 0.05) is 11.1 Å². The molecule has 3 aromatic rings. The van der Waals surface area contributed by atoms with Crippen molar-refractivity contribution in [3.8, 4) is 0 Å². The first-order chi connectivity index (χ1) is 17.0. The lowest BCUT2D eigenvalue weighted by atomic mass is 9.73. The number of amides is 1. The van der Waals surface area contributed by atoms with E-state index in [1.807, 2.05) is 20.8 Å². The number of rotatable bonds is 7. The first kappa shape index (κ1) is 25.7. The number of para-hydroxylation sites is 1. The summed E-state index contributed by atoms with van der Waals surface area (Å²) in [7, 11) is 0. The van der Waals surface area contributed by atoms with Crippen LogP contribution >= 0.6 is 0 Å². The third-order valence-corrected chi connectivity index (χ3v) is 7.04. The van der Waals surface area contributed by atoms with Crippen LogP contribution in [0.2, 0.25) is 0 Å². The number of nitrogens with zero attached hydrogens (tertiary/aromatic N) is 2. The van der Waals surface area contributed by atoms with Gasteiger partial charge in [-0.3, -0.25) is 4.79 Å². The number of carbonyl (C=O) groups is 2. The molecule has 2 aromatic heterocycles. The molecule has 1 unspecified atom stereocenters. The summed E-state index contributed by atoms with van der Waals surface area (Å²) < 4.78 is 50.8. The zero-order chi connectivity index (χ0) is 26.3. The third kappa shape index (κ3) is 4.70. The Labute approximate surface area is 206 Å². The van der Waals surface area contributed by atoms with Crippen LogP contribution in [0.25, 0.3) is 10.9 Å². The summed E-state index contributed by atoms with van der Waals surface area (Å²) in [5.41, 5.74) is -0.0870. The molecule has 1 aromatic carbocycles. The molecule has 1 aliphatic rings. The Hall–Kier alpha value is -3.37. The van der Waals surface area contributed by atoms with Gasteiger partial charge in [-0.15, -0.1) is 0 Å². The van der Waals surface area contributed by atoms with E-state index in [2.05, 4.69) is 20.4 Å². The van der Waals surface area contributed by atoms with E-state index in [9.17, 15) is 22.8 Å². The predicted octanol–water partition coefficient (Wildman–Crippen LogP) is 5.15. The van der Waals surface area contributed by atoms with Crippen molar-refractivity contribution in [1.29, 1.82) is 0 Å². The van der Waals surface area contributed by atoms with Crippen LogP contribution in [0.15, 0.2) is 22.7 Å². The molecule has 11 heteroatoms. The molecule has 0 bridgehead atoms. The van der Waals surface area contributed by atoms with Crippen LogP contribution < -0.4 is 5.32 Å². The van der Waals surface area contributed by atoms with Crippen molar-refractivity contribution in [1.82, 2.24) is 20.4 Å². The number of halogens is 3.